The summed E-state index contributed by atoms with van der Waals surface area (Å²) in [4.78, 5) is 29.0. The Labute approximate surface area is 226 Å². The van der Waals surface area contributed by atoms with Crippen LogP contribution in [0.5, 0.6) is 0 Å². The van der Waals surface area contributed by atoms with Crippen molar-refractivity contribution in [1.29, 1.82) is 0 Å². The molecule has 200 valence electrons. The molecule has 0 radical (unpaired) electrons. The molecule has 2 aromatic rings. The molecule has 0 spiro atoms. The molecule has 37 heavy (non-hydrogen) atoms. The number of Topliss-reactive ketones (excluding diaryl/α,β-unsaturated/α-hetero) is 1. The Morgan fingerprint density at radius 2 is 1.81 bits per heavy atom. The summed E-state index contributed by atoms with van der Waals surface area (Å²) in [5, 5.41) is 15.8. The van der Waals surface area contributed by atoms with Gasteiger partial charge in [0.05, 0.1) is 29.6 Å². The average molecular weight is 570 g/mol. The molecule has 0 unspecified atom stereocenters. The highest BCUT2D eigenvalue weighted by Gasteiger charge is 2.24. The zero-order chi connectivity index (χ0) is 27.0. The molecule has 0 aromatic heterocycles. The number of sulfone groups is 1. The van der Waals surface area contributed by atoms with Gasteiger partial charge in [-0.05, 0) is 49.6 Å². The Kier molecular flexibility index (Phi) is 10.5. The lowest BCUT2D eigenvalue weighted by atomic mass is 10.1. The molecule has 1 amide bonds. The molecule has 0 fully saturated rings. The maximum atomic E-state index is 12.5. The molecule has 9 nitrogen and oxygen atoms in total. The molecule has 1 aliphatic heterocycles. The van der Waals surface area contributed by atoms with E-state index < -0.39 is 15.9 Å². The van der Waals surface area contributed by atoms with Crippen LogP contribution in [-0.2, 0) is 21.2 Å². The van der Waals surface area contributed by atoms with Crippen LogP contribution in [0.25, 0.3) is 0 Å². The number of hydrogen-bond acceptors (Lipinski definition) is 7. The van der Waals surface area contributed by atoms with Gasteiger partial charge in [0.15, 0.2) is 9.84 Å². The molecule has 1 heterocycles. The van der Waals surface area contributed by atoms with Crippen LogP contribution in [0.1, 0.15) is 36.0 Å². The fourth-order valence-electron chi connectivity index (χ4n) is 3.81. The van der Waals surface area contributed by atoms with Gasteiger partial charge in [0.2, 0.25) is 0 Å². The predicted molar refractivity (Wildman–Crippen MR) is 144 cm³/mol. The van der Waals surface area contributed by atoms with E-state index in [1.165, 1.54) is 17.0 Å². The minimum absolute atomic E-state index is 0.0500. The van der Waals surface area contributed by atoms with Crippen LogP contribution in [0, 0.1) is 6.92 Å². The summed E-state index contributed by atoms with van der Waals surface area (Å²) in [5.41, 5.74) is 2.35. The first-order chi connectivity index (χ1) is 17.6. The van der Waals surface area contributed by atoms with Gasteiger partial charge in [0, 0.05) is 23.6 Å². The molecule has 3 N–H and O–H groups in total. The number of nitrogens with zero attached hydrogens (tertiary/aromatic N) is 2. The van der Waals surface area contributed by atoms with Gasteiger partial charge in [0.25, 0.3) is 0 Å². The molecule has 0 saturated carbocycles. The van der Waals surface area contributed by atoms with E-state index in [0.29, 0.717) is 61.9 Å². The second kappa shape index (κ2) is 13.3. The van der Waals surface area contributed by atoms with Crippen molar-refractivity contribution in [2.24, 2.45) is 4.99 Å². The van der Waals surface area contributed by atoms with Crippen LogP contribution >= 0.6 is 23.2 Å². The number of aryl methyl sites for hydroxylation is 1. The SMILES string of the molecule is Cc1cc(S(=O)(=O)CNCCCCC(=O)CNCc2ccc(C3=NCCN3C(=O)O)cc2)c(Cl)cc1Cl. The van der Waals surface area contributed by atoms with Gasteiger partial charge in [-0.3, -0.25) is 14.7 Å². The van der Waals surface area contributed by atoms with Gasteiger partial charge in [-0.1, -0.05) is 47.5 Å². The van der Waals surface area contributed by atoms with E-state index in [2.05, 4.69) is 15.6 Å². The third-order valence-electron chi connectivity index (χ3n) is 5.83. The number of amides is 1. The molecule has 12 heteroatoms. The summed E-state index contributed by atoms with van der Waals surface area (Å²) < 4.78 is 25.1. The number of amidine groups is 1. The predicted octanol–water partition coefficient (Wildman–Crippen LogP) is 3.89. The minimum atomic E-state index is -3.60. The van der Waals surface area contributed by atoms with E-state index in [-0.39, 0.29) is 28.1 Å². The number of unbranched alkanes of at least 4 members (excludes halogenated alkanes) is 1. The molecule has 2 aromatic carbocycles. The van der Waals surface area contributed by atoms with Crippen molar-refractivity contribution < 1.29 is 23.1 Å². The summed E-state index contributed by atoms with van der Waals surface area (Å²) in [5.74, 6) is 0.285. The van der Waals surface area contributed by atoms with Crippen molar-refractivity contribution >= 4 is 50.8 Å². The second-order valence-electron chi connectivity index (χ2n) is 8.73. The molecule has 0 bridgehead atoms. The summed E-state index contributed by atoms with van der Waals surface area (Å²) >= 11 is 12.0. The van der Waals surface area contributed by atoms with E-state index in [9.17, 15) is 23.1 Å². The number of halogens is 2. The van der Waals surface area contributed by atoms with E-state index in [1.54, 1.807) is 6.92 Å². The van der Waals surface area contributed by atoms with E-state index in [0.717, 1.165) is 11.1 Å². The normalized spacial score (nSPS) is 13.6. The standard InChI is InChI=1S/C25H30Cl2N4O5S/c1-17-12-23(22(27)13-21(17)26)37(35,36)16-28-9-3-2-4-20(32)15-29-14-18-5-7-19(8-6-18)24-30-10-11-31(24)25(33)34/h5-8,12-13,28-29H,2-4,9-11,14-16H2,1H3,(H,33,34). The molecule has 0 atom stereocenters. The van der Waals surface area contributed by atoms with Crippen molar-refractivity contribution in [3.05, 3.63) is 63.1 Å². The number of nitrogens with one attached hydrogen (secondary N) is 2. The highest BCUT2D eigenvalue weighted by Crippen LogP contribution is 2.28. The van der Waals surface area contributed by atoms with Crippen LogP contribution in [0.3, 0.4) is 0 Å². The van der Waals surface area contributed by atoms with E-state index in [4.69, 9.17) is 23.2 Å². The van der Waals surface area contributed by atoms with Crippen LogP contribution < -0.4 is 10.6 Å². The van der Waals surface area contributed by atoms with Crippen LogP contribution in [0.4, 0.5) is 4.79 Å². The Morgan fingerprint density at radius 3 is 2.51 bits per heavy atom. The van der Waals surface area contributed by atoms with Crippen LogP contribution in [0.15, 0.2) is 46.3 Å². The van der Waals surface area contributed by atoms with Crippen molar-refractivity contribution in [3.8, 4) is 0 Å². The number of carboxylic acid groups (broad SMARTS) is 1. The zero-order valence-electron chi connectivity index (χ0n) is 20.5. The summed E-state index contributed by atoms with van der Waals surface area (Å²) in [7, 11) is -3.60. The molecule has 3 rings (SSSR count). The Bertz CT molecular complexity index is 1270. The van der Waals surface area contributed by atoms with Crippen LogP contribution in [-0.4, -0.2) is 68.2 Å². The largest absolute Gasteiger partial charge is 0.465 e. The summed E-state index contributed by atoms with van der Waals surface area (Å²) in [6, 6.07) is 10.3. The van der Waals surface area contributed by atoms with Crippen molar-refractivity contribution in [1.82, 2.24) is 15.5 Å². The molecule has 1 aliphatic rings. The highest BCUT2D eigenvalue weighted by molar-refractivity contribution is 7.91. The van der Waals surface area contributed by atoms with Gasteiger partial charge < -0.3 is 15.7 Å². The Morgan fingerprint density at radius 1 is 1.08 bits per heavy atom. The first kappa shape index (κ1) is 29.1. The number of rotatable bonds is 13. The van der Waals surface area contributed by atoms with Gasteiger partial charge in [-0.2, -0.15) is 0 Å². The second-order valence-corrected chi connectivity index (χ2v) is 11.5. The Balaban J connectivity index is 1.31. The summed E-state index contributed by atoms with van der Waals surface area (Å²) in [6.45, 7) is 3.74. The number of benzene rings is 2. The van der Waals surface area contributed by atoms with E-state index >= 15 is 0 Å². The van der Waals surface area contributed by atoms with Crippen LogP contribution in [0.2, 0.25) is 10.0 Å². The van der Waals surface area contributed by atoms with Crippen molar-refractivity contribution in [2.75, 3.05) is 32.1 Å². The monoisotopic (exact) mass is 568 g/mol. The number of aliphatic imine (C=N–C) groups is 1. The molecule has 0 saturated heterocycles. The Hall–Kier alpha value is -2.50. The van der Waals surface area contributed by atoms with Gasteiger partial charge in [-0.15, -0.1) is 0 Å². The summed E-state index contributed by atoms with van der Waals surface area (Å²) in [6.07, 6.45) is 0.686. The number of ketones is 1. The highest BCUT2D eigenvalue weighted by atomic mass is 35.5. The number of hydrogen-bond donors (Lipinski definition) is 3. The quantitative estimate of drug-likeness (QED) is 0.312. The third-order valence-corrected chi connectivity index (χ3v) is 8.26. The topological polar surface area (TPSA) is 128 Å². The van der Waals surface area contributed by atoms with Crippen molar-refractivity contribution in [3.63, 3.8) is 0 Å². The average Bonchev–Trinajstić information content (AvgIpc) is 3.34. The van der Waals surface area contributed by atoms with Gasteiger partial charge in [0.1, 0.15) is 17.5 Å². The molecule has 0 aliphatic carbocycles. The third kappa shape index (κ3) is 8.24. The lowest BCUT2D eigenvalue weighted by Crippen LogP contribution is -2.33. The van der Waals surface area contributed by atoms with Gasteiger partial charge >= 0.3 is 6.09 Å². The number of carbonyl (C=O) groups excluding carboxylic acids is 1. The van der Waals surface area contributed by atoms with Crippen molar-refractivity contribution in [2.45, 2.75) is 37.6 Å². The maximum Gasteiger partial charge on any atom is 0.413 e. The first-order valence-corrected chi connectivity index (χ1v) is 14.2. The zero-order valence-corrected chi connectivity index (χ0v) is 22.8. The van der Waals surface area contributed by atoms with Gasteiger partial charge in [-0.25, -0.2) is 13.2 Å². The lowest BCUT2D eigenvalue weighted by molar-refractivity contribution is -0.118. The molecular weight excluding hydrogens is 539 g/mol. The molecular formula is C25H30Cl2N4O5S. The first-order valence-electron chi connectivity index (χ1n) is 11.8. The lowest BCUT2D eigenvalue weighted by Gasteiger charge is -2.14. The smallest absolute Gasteiger partial charge is 0.413 e. The maximum absolute atomic E-state index is 12.5. The minimum Gasteiger partial charge on any atom is -0.465 e. The fraction of sp³-hybridized carbons (Fsp3) is 0.400. The fourth-order valence-corrected chi connectivity index (χ4v) is 5.83. The van der Waals surface area contributed by atoms with E-state index in [1.807, 2.05) is 24.3 Å². The number of carbonyl (C=O) groups is 2.